The van der Waals surface area contributed by atoms with Crippen molar-refractivity contribution in [3.8, 4) is 0 Å². The van der Waals surface area contributed by atoms with Gasteiger partial charge in [-0.2, -0.15) is 0 Å². The average molecular weight is 528 g/mol. The van der Waals surface area contributed by atoms with Crippen molar-refractivity contribution in [1.29, 1.82) is 0 Å². The molecule has 0 unspecified atom stereocenters. The summed E-state index contributed by atoms with van der Waals surface area (Å²) in [6, 6.07) is 10.0. The van der Waals surface area contributed by atoms with E-state index in [1.807, 2.05) is 0 Å². The molecule has 0 spiro atoms. The molecule has 2 aliphatic heterocycles. The maximum absolute atomic E-state index is 5.00. The van der Waals surface area contributed by atoms with Gasteiger partial charge in [-0.25, -0.2) is 0 Å². The van der Waals surface area contributed by atoms with Crippen LogP contribution in [0, 0.1) is 0 Å². The number of piperidine rings is 1. The molecule has 1 saturated heterocycles. The van der Waals surface area contributed by atoms with Gasteiger partial charge in [-0.1, -0.05) is 24.3 Å². The number of guanidine groups is 1. The Morgan fingerprint density at radius 2 is 1.80 bits per heavy atom. The van der Waals surface area contributed by atoms with Gasteiger partial charge in [-0.15, -0.1) is 24.0 Å². The number of nitrogens with zero attached hydrogens (tertiary/aromatic N) is 3. The van der Waals surface area contributed by atoms with E-state index in [0.29, 0.717) is 12.1 Å². The highest BCUT2D eigenvalue weighted by atomic mass is 127. The molecule has 2 aliphatic rings. The number of rotatable bonds is 6. The molecule has 6 heteroatoms. The normalized spacial score (nSPS) is 19.3. The third-order valence-electron chi connectivity index (χ3n) is 6.56. The van der Waals surface area contributed by atoms with Crippen LogP contribution >= 0.6 is 24.0 Å². The fourth-order valence-electron chi connectivity index (χ4n) is 4.46. The fourth-order valence-corrected chi connectivity index (χ4v) is 4.46. The van der Waals surface area contributed by atoms with Gasteiger partial charge in [0.1, 0.15) is 0 Å². The molecule has 0 bridgehead atoms. The molecule has 1 aromatic rings. The third-order valence-corrected chi connectivity index (χ3v) is 6.56. The van der Waals surface area contributed by atoms with E-state index in [0.717, 1.165) is 38.6 Å². The SMILES string of the molecule is CCNC(=NCC(C)(C)N1CCc2ccccc2C1)NC1CCN(C(C)C)CC1.I. The molecular weight excluding hydrogens is 485 g/mol. The summed E-state index contributed by atoms with van der Waals surface area (Å²) in [5, 5.41) is 7.16. The Bertz CT molecular complexity index is 680. The Morgan fingerprint density at radius 1 is 1.13 bits per heavy atom. The van der Waals surface area contributed by atoms with Gasteiger partial charge in [0.25, 0.3) is 0 Å². The molecule has 0 aliphatic carbocycles. The molecule has 0 radical (unpaired) electrons. The van der Waals surface area contributed by atoms with Crippen molar-refractivity contribution in [1.82, 2.24) is 20.4 Å². The van der Waals surface area contributed by atoms with Gasteiger partial charge in [0.05, 0.1) is 6.54 Å². The number of benzene rings is 1. The lowest BCUT2D eigenvalue weighted by molar-refractivity contribution is 0.111. The van der Waals surface area contributed by atoms with Crippen molar-refractivity contribution in [2.75, 3.05) is 32.7 Å². The molecule has 0 amide bonds. The molecular formula is C24H42IN5. The van der Waals surface area contributed by atoms with E-state index >= 15 is 0 Å². The maximum atomic E-state index is 5.00. The lowest BCUT2D eigenvalue weighted by atomic mass is 9.94. The summed E-state index contributed by atoms with van der Waals surface area (Å²) < 4.78 is 0. The zero-order chi connectivity index (χ0) is 20.9. The molecule has 0 saturated carbocycles. The van der Waals surface area contributed by atoms with Gasteiger partial charge < -0.3 is 15.5 Å². The Kier molecular flexibility index (Phi) is 9.88. The van der Waals surface area contributed by atoms with E-state index in [4.69, 9.17) is 4.99 Å². The number of hydrogen-bond donors (Lipinski definition) is 2. The van der Waals surface area contributed by atoms with Gasteiger partial charge in [-0.05, 0) is 65.0 Å². The standard InChI is InChI=1S/C24H41N5.HI/c1-6-25-23(27-22-12-14-28(15-13-22)19(2)3)26-18-24(4,5)29-16-11-20-9-7-8-10-21(20)17-29;/h7-10,19,22H,6,11-18H2,1-5H3,(H2,25,26,27);1H. The molecule has 1 fully saturated rings. The number of halogens is 1. The summed E-state index contributed by atoms with van der Waals surface area (Å²) in [5.41, 5.74) is 3.01. The van der Waals surface area contributed by atoms with E-state index < -0.39 is 0 Å². The number of likely N-dealkylation sites (tertiary alicyclic amines) is 1. The van der Waals surface area contributed by atoms with Crippen LogP contribution in [-0.2, 0) is 13.0 Å². The van der Waals surface area contributed by atoms with Crippen LogP contribution in [0.1, 0.15) is 58.6 Å². The number of hydrogen-bond acceptors (Lipinski definition) is 3. The fraction of sp³-hybridized carbons (Fsp3) is 0.708. The zero-order valence-electron chi connectivity index (χ0n) is 19.6. The minimum atomic E-state index is 0. The highest BCUT2D eigenvalue weighted by Gasteiger charge is 2.30. The second-order valence-electron chi connectivity index (χ2n) is 9.50. The van der Waals surface area contributed by atoms with E-state index in [-0.39, 0.29) is 29.5 Å². The zero-order valence-corrected chi connectivity index (χ0v) is 21.9. The first-order valence-electron chi connectivity index (χ1n) is 11.5. The Balaban J connectivity index is 0.00000320. The van der Waals surface area contributed by atoms with Gasteiger partial charge in [0, 0.05) is 50.3 Å². The molecule has 1 aromatic carbocycles. The summed E-state index contributed by atoms with van der Waals surface area (Å²) in [5.74, 6) is 0.973. The van der Waals surface area contributed by atoms with E-state index in [1.165, 1.54) is 37.1 Å². The van der Waals surface area contributed by atoms with Crippen molar-refractivity contribution in [2.45, 2.75) is 78.0 Å². The Morgan fingerprint density at radius 3 is 2.43 bits per heavy atom. The molecule has 3 rings (SSSR count). The Labute approximate surface area is 201 Å². The van der Waals surface area contributed by atoms with Crippen LogP contribution in [0.4, 0.5) is 0 Å². The summed E-state index contributed by atoms with van der Waals surface area (Å²) in [7, 11) is 0. The largest absolute Gasteiger partial charge is 0.357 e. The smallest absolute Gasteiger partial charge is 0.191 e. The van der Waals surface area contributed by atoms with E-state index in [9.17, 15) is 0 Å². The molecule has 2 heterocycles. The van der Waals surface area contributed by atoms with Crippen molar-refractivity contribution in [2.24, 2.45) is 4.99 Å². The average Bonchev–Trinajstić information content (AvgIpc) is 2.72. The topological polar surface area (TPSA) is 42.9 Å². The van der Waals surface area contributed by atoms with Crippen LogP contribution in [0.5, 0.6) is 0 Å². The van der Waals surface area contributed by atoms with Gasteiger partial charge in [0.15, 0.2) is 5.96 Å². The number of fused-ring (bicyclic) bond motifs is 1. The first-order valence-corrected chi connectivity index (χ1v) is 11.5. The Hall–Kier alpha value is -0.860. The third kappa shape index (κ3) is 6.82. The van der Waals surface area contributed by atoms with Crippen LogP contribution in [0.3, 0.4) is 0 Å². The predicted octanol–water partition coefficient (Wildman–Crippen LogP) is 3.87. The molecule has 5 nitrogen and oxygen atoms in total. The lowest BCUT2D eigenvalue weighted by Crippen LogP contribution is -2.51. The van der Waals surface area contributed by atoms with E-state index in [2.05, 4.69) is 79.3 Å². The highest BCUT2D eigenvalue weighted by Crippen LogP contribution is 2.25. The lowest BCUT2D eigenvalue weighted by Gasteiger charge is -2.41. The molecule has 0 atom stereocenters. The first kappa shape index (κ1) is 25.4. The minimum Gasteiger partial charge on any atom is -0.357 e. The van der Waals surface area contributed by atoms with Crippen LogP contribution in [0.2, 0.25) is 0 Å². The first-order chi connectivity index (χ1) is 13.9. The highest BCUT2D eigenvalue weighted by molar-refractivity contribution is 14.0. The summed E-state index contributed by atoms with van der Waals surface area (Å²) in [6.45, 7) is 17.6. The van der Waals surface area contributed by atoms with E-state index in [1.54, 1.807) is 0 Å². The number of aliphatic imine (C=N–C) groups is 1. The quantitative estimate of drug-likeness (QED) is 0.335. The van der Waals surface area contributed by atoms with Crippen LogP contribution < -0.4 is 10.6 Å². The number of nitrogens with one attached hydrogen (secondary N) is 2. The van der Waals surface area contributed by atoms with Crippen molar-refractivity contribution in [3.05, 3.63) is 35.4 Å². The molecule has 170 valence electrons. The second kappa shape index (κ2) is 11.7. The minimum absolute atomic E-state index is 0. The molecule has 2 N–H and O–H groups in total. The van der Waals surface area contributed by atoms with Crippen molar-refractivity contribution < 1.29 is 0 Å². The predicted molar refractivity (Wildman–Crippen MR) is 139 cm³/mol. The summed E-state index contributed by atoms with van der Waals surface area (Å²) in [6.07, 6.45) is 3.51. The van der Waals surface area contributed by atoms with Crippen LogP contribution in [-0.4, -0.2) is 66.1 Å². The van der Waals surface area contributed by atoms with Crippen LogP contribution in [0.15, 0.2) is 29.3 Å². The van der Waals surface area contributed by atoms with Gasteiger partial charge in [0.2, 0.25) is 0 Å². The van der Waals surface area contributed by atoms with Crippen LogP contribution in [0.25, 0.3) is 0 Å². The van der Waals surface area contributed by atoms with Crippen molar-refractivity contribution >= 4 is 29.9 Å². The maximum Gasteiger partial charge on any atom is 0.191 e. The monoisotopic (exact) mass is 527 g/mol. The molecule has 0 aromatic heterocycles. The summed E-state index contributed by atoms with van der Waals surface area (Å²) in [4.78, 5) is 10.2. The van der Waals surface area contributed by atoms with Gasteiger partial charge in [-0.3, -0.25) is 9.89 Å². The van der Waals surface area contributed by atoms with Crippen molar-refractivity contribution in [3.63, 3.8) is 0 Å². The van der Waals surface area contributed by atoms with Gasteiger partial charge >= 0.3 is 0 Å². The molecule has 30 heavy (non-hydrogen) atoms. The second-order valence-corrected chi connectivity index (χ2v) is 9.50. The summed E-state index contributed by atoms with van der Waals surface area (Å²) >= 11 is 0.